The van der Waals surface area contributed by atoms with Crippen LogP contribution in [0, 0.1) is 0 Å². The van der Waals surface area contributed by atoms with Crippen molar-refractivity contribution >= 4 is 34.3 Å². The van der Waals surface area contributed by atoms with Gasteiger partial charge >= 0.3 is 0 Å². The van der Waals surface area contributed by atoms with Crippen LogP contribution in [0.2, 0.25) is 0 Å². The number of thioether (sulfide) groups is 1. The standard InChI is InChI=1S/C11H8N2OS/c14-10-6-15-11-7-3-1-2-4-8(7)12-5-9(11)13-10/h1-5H,6H2,(H,13,14). The van der Waals surface area contributed by atoms with E-state index in [1.54, 1.807) is 18.0 Å². The fraction of sp³-hybridized carbons (Fsp3) is 0.0909. The molecule has 1 N–H and O–H groups in total. The molecule has 0 aliphatic carbocycles. The van der Waals surface area contributed by atoms with Crippen LogP contribution in [-0.2, 0) is 4.79 Å². The molecule has 0 saturated heterocycles. The van der Waals surface area contributed by atoms with Gasteiger partial charge in [0.1, 0.15) is 0 Å². The van der Waals surface area contributed by atoms with Crippen molar-refractivity contribution in [1.82, 2.24) is 4.98 Å². The van der Waals surface area contributed by atoms with E-state index in [0.29, 0.717) is 5.75 Å². The Balaban J connectivity index is 2.30. The molecule has 3 nitrogen and oxygen atoms in total. The summed E-state index contributed by atoms with van der Waals surface area (Å²) in [6.07, 6.45) is 1.72. The van der Waals surface area contributed by atoms with Gasteiger partial charge in [-0.2, -0.15) is 0 Å². The zero-order valence-electron chi connectivity index (χ0n) is 7.86. The summed E-state index contributed by atoms with van der Waals surface area (Å²) in [4.78, 5) is 16.6. The molecule has 2 heterocycles. The van der Waals surface area contributed by atoms with Crippen LogP contribution in [0.1, 0.15) is 0 Å². The van der Waals surface area contributed by atoms with Gasteiger partial charge in [-0.15, -0.1) is 11.8 Å². The Kier molecular flexibility index (Phi) is 1.89. The van der Waals surface area contributed by atoms with Crippen LogP contribution in [0.4, 0.5) is 5.69 Å². The second-order valence-electron chi connectivity index (χ2n) is 3.35. The van der Waals surface area contributed by atoms with Crippen LogP contribution >= 0.6 is 11.8 Å². The minimum atomic E-state index is 0.0459. The lowest BCUT2D eigenvalue weighted by Gasteiger charge is -2.17. The molecule has 1 aromatic heterocycles. The van der Waals surface area contributed by atoms with Crippen molar-refractivity contribution in [1.29, 1.82) is 0 Å². The molecule has 0 saturated carbocycles. The van der Waals surface area contributed by atoms with Crippen molar-refractivity contribution in [3.63, 3.8) is 0 Å². The maximum atomic E-state index is 11.2. The number of para-hydroxylation sites is 1. The number of aromatic nitrogens is 1. The van der Waals surface area contributed by atoms with Gasteiger partial charge in [-0.05, 0) is 6.07 Å². The Morgan fingerprint density at radius 3 is 3.13 bits per heavy atom. The van der Waals surface area contributed by atoms with Gasteiger partial charge in [-0.25, -0.2) is 0 Å². The molecule has 0 spiro atoms. The molecule has 1 aromatic carbocycles. The van der Waals surface area contributed by atoms with Crippen LogP contribution in [0.5, 0.6) is 0 Å². The van der Waals surface area contributed by atoms with E-state index in [1.165, 1.54) is 0 Å². The van der Waals surface area contributed by atoms with Gasteiger partial charge in [0.25, 0.3) is 0 Å². The molecule has 0 unspecified atom stereocenters. The van der Waals surface area contributed by atoms with Crippen LogP contribution in [0.25, 0.3) is 10.9 Å². The number of benzene rings is 1. The summed E-state index contributed by atoms with van der Waals surface area (Å²) in [6.45, 7) is 0. The third-order valence-corrected chi connectivity index (χ3v) is 3.48. The molecule has 1 amide bonds. The van der Waals surface area contributed by atoms with E-state index in [1.807, 2.05) is 24.3 Å². The quantitative estimate of drug-likeness (QED) is 0.734. The van der Waals surface area contributed by atoms with E-state index in [-0.39, 0.29) is 5.91 Å². The van der Waals surface area contributed by atoms with Crippen LogP contribution < -0.4 is 5.32 Å². The lowest BCUT2D eigenvalue weighted by atomic mass is 10.2. The third kappa shape index (κ3) is 1.37. The molecular formula is C11H8N2OS. The average molecular weight is 216 g/mol. The number of nitrogens with zero attached hydrogens (tertiary/aromatic N) is 1. The molecule has 4 heteroatoms. The minimum absolute atomic E-state index is 0.0459. The molecule has 2 aromatic rings. The predicted molar refractivity (Wildman–Crippen MR) is 61.1 cm³/mol. The molecule has 0 bridgehead atoms. The van der Waals surface area contributed by atoms with Crippen LogP contribution in [0.15, 0.2) is 35.4 Å². The molecular weight excluding hydrogens is 208 g/mol. The number of amides is 1. The van der Waals surface area contributed by atoms with E-state index in [9.17, 15) is 4.79 Å². The van der Waals surface area contributed by atoms with Gasteiger partial charge < -0.3 is 5.32 Å². The number of carbonyl (C=O) groups is 1. The molecule has 15 heavy (non-hydrogen) atoms. The number of fused-ring (bicyclic) bond motifs is 3. The van der Waals surface area contributed by atoms with Crippen molar-refractivity contribution < 1.29 is 4.79 Å². The maximum absolute atomic E-state index is 11.2. The molecule has 3 rings (SSSR count). The van der Waals surface area contributed by atoms with E-state index < -0.39 is 0 Å². The molecule has 74 valence electrons. The Hall–Kier alpha value is -1.55. The van der Waals surface area contributed by atoms with Gasteiger partial charge in [-0.1, -0.05) is 18.2 Å². The number of pyridine rings is 1. The van der Waals surface area contributed by atoms with Crippen LogP contribution in [0.3, 0.4) is 0 Å². The highest BCUT2D eigenvalue weighted by atomic mass is 32.2. The number of rotatable bonds is 0. The lowest BCUT2D eigenvalue weighted by Crippen LogP contribution is -2.18. The fourth-order valence-corrected chi connectivity index (χ4v) is 2.62. The summed E-state index contributed by atoms with van der Waals surface area (Å²) in [5.74, 6) is 0.533. The average Bonchev–Trinajstić information content (AvgIpc) is 2.28. The first-order chi connectivity index (χ1) is 7.34. The van der Waals surface area contributed by atoms with Crippen molar-refractivity contribution in [2.45, 2.75) is 4.90 Å². The Morgan fingerprint density at radius 2 is 2.20 bits per heavy atom. The second-order valence-corrected chi connectivity index (χ2v) is 4.34. The maximum Gasteiger partial charge on any atom is 0.234 e. The Labute approximate surface area is 90.9 Å². The first-order valence-electron chi connectivity index (χ1n) is 4.65. The lowest BCUT2D eigenvalue weighted by molar-refractivity contribution is -0.113. The summed E-state index contributed by atoms with van der Waals surface area (Å²) < 4.78 is 0. The van der Waals surface area contributed by atoms with Crippen LogP contribution in [-0.4, -0.2) is 16.6 Å². The fourth-order valence-electron chi connectivity index (χ4n) is 1.68. The summed E-state index contributed by atoms with van der Waals surface area (Å²) in [6, 6.07) is 7.97. The van der Waals surface area contributed by atoms with Crippen molar-refractivity contribution in [3.05, 3.63) is 30.5 Å². The molecule has 1 aliphatic heterocycles. The number of carbonyl (C=O) groups excluding carboxylic acids is 1. The van der Waals surface area contributed by atoms with Gasteiger partial charge in [0.2, 0.25) is 5.91 Å². The first-order valence-corrected chi connectivity index (χ1v) is 5.63. The number of hydrogen-bond donors (Lipinski definition) is 1. The normalized spacial score (nSPS) is 14.8. The highest BCUT2D eigenvalue weighted by Crippen LogP contribution is 2.36. The zero-order chi connectivity index (χ0) is 10.3. The zero-order valence-corrected chi connectivity index (χ0v) is 8.67. The topological polar surface area (TPSA) is 42.0 Å². The number of anilines is 1. The first kappa shape index (κ1) is 8.73. The smallest absolute Gasteiger partial charge is 0.234 e. The van der Waals surface area contributed by atoms with E-state index in [2.05, 4.69) is 10.3 Å². The van der Waals surface area contributed by atoms with E-state index in [4.69, 9.17) is 0 Å². The Bertz CT molecular complexity index is 553. The van der Waals surface area contributed by atoms with Gasteiger partial charge in [0.15, 0.2) is 0 Å². The van der Waals surface area contributed by atoms with Gasteiger partial charge in [-0.3, -0.25) is 9.78 Å². The monoisotopic (exact) mass is 216 g/mol. The van der Waals surface area contributed by atoms with E-state index >= 15 is 0 Å². The number of nitrogens with one attached hydrogen (secondary N) is 1. The summed E-state index contributed by atoms with van der Waals surface area (Å²) in [7, 11) is 0. The molecule has 0 radical (unpaired) electrons. The Morgan fingerprint density at radius 1 is 1.33 bits per heavy atom. The summed E-state index contributed by atoms with van der Waals surface area (Å²) >= 11 is 1.57. The summed E-state index contributed by atoms with van der Waals surface area (Å²) in [5.41, 5.74) is 1.80. The highest BCUT2D eigenvalue weighted by Gasteiger charge is 2.17. The van der Waals surface area contributed by atoms with E-state index in [0.717, 1.165) is 21.5 Å². The minimum Gasteiger partial charge on any atom is -0.323 e. The number of hydrogen-bond acceptors (Lipinski definition) is 3. The molecule has 1 aliphatic rings. The highest BCUT2D eigenvalue weighted by molar-refractivity contribution is 8.00. The third-order valence-electron chi connectivity index (χ3n) is 2.35. The second kappa shape index (κ2) is 3.24. The molecule has 0 fully saturated rings. The van der Waals surface area contributed by atoms with Crippen molar-refractivity contribution in [2.75, 3.05) is 11.1 Å². The molecule has 0 atom stereocenters. The van der Waals surface area contributed by atoms with Crippen molar-refractivity contribution in [3.8, 4) is 0 Å². The van der Waals surface area contributed by atoms with Gasteiger partial charge in [0.05, 0.1) is 23.2 Å². The predicted octanol–water partition coefficient (Wildman–Crippen LogP) is 2.28. The van der Waals surface area contributed by atoms with Gasteiger partial charge in [0, 0.05) is 10.3 Å². The van der Waals surface area contributed by atoms with Crippen molar-refractivity contribution in [2.24, 2.45) is 0 Å². The SMILES string of the molecule is O=C1CSc2c(cnc3ccccc23)N1. The largest absolute Gasteiger partial charge is 0.323 e. The summed E-state index contributed by atoms with van der Waals surface area (Å²) in [5, 5.41) is 3.94.